The van der Waals surface area contributed by atoms with E-state index in [2.05, 4.69) is 20.4 Å². The Hall–Kier alpha value is -1.97. The Bertz CT molecular complexity index is 625. The van der Waals surface area contributed by atoms with E-state index in [1.165, 1.54) is 17.3 Å². The summed E-state index contributed by atoms with van der Waals surface area (Å²) in [5, 5.41) is 7.73. The first-order chi connectivity index (χ1) is 10.3. The number of alkyl halides is 3. The summed E-state index contributed by atoms with van der Waals surface area (Å²) in [5.74, 6) is -0.360. The van der Waals surface area contributed by atoms with Gasteiger partial charge in [-0.2, -0.15) is 18.3 Å². The van der Waals surface area contributed by atoms with Crippen LogP contribution in [0, 0.1) is 0 Å². The number of hydrogen-bond donors (Lipinski definition) is 1. The normalized spacial score (nSPS) is 14.6. The van der Waals surface area contributed by atoms with Gasteiger partial charge in [0.1, 0.15) is 23.7 Å². The summed E-state index contributed by atoms with van der Waals surface area (Å²) in [4.78, 5) is 19.5. The molecule has 0 saturated heterocycles. The predicted octanol–water partition coefficient (Wildman–Crippen LogP) is 2.58. The first-order valence-electron chi connectivity index (χ1n) is 6.50. The van der Waals surface area contributed by atoms with E-state index in [0.717, 1.165) is 16.7 Å². The van der Waals surface area contributed by atoms with Crippen molar-refractivity contribution in [2.45, 2.75) is 38.5 Å². The van der Waals surface area contributed by atoms with Gasteiger partial charge in [0.25, 0.3) is 0 Å². The van der Waals surface area contributed by atoms with Crippen LogP contribution in [0.5, 0.6) is 0 Å². The first kappa shape index (κ1) is 16.4. The third-order valence-electron chi connectivity index (χ3n) is 3.05. The summed E-state index contributed by atoms with van der Waals surface area (Å²) in [5.41, 5.74) is -0.940. The molecule has 1 amide bonds. The second kappa shape index (κ2) is 6.42. The number of aromatic nitrogens is 4. The minimum Gasteiger partial charge on any atom is -0.345 e. The highest BCUT2D eigenvalue weighted by Gasteiger charge is 2.34. The molecule has 0 aliphatic rings. The van der Waals surface area contributed by atoms with Crippen molar-refractivity contribution in [2.24, 2.45) is 0 Å². The summed E-state index contributed by atoms with van der Waals surface area (Å²) in [7, 11) is 0. The number of thiazole rings is 1. The lowest BCUT2D eigenvalue weighted by molar-refractivity contribution is -0.140. The Labute approximate surface area is 128 Å². The molecule has 2 aromatic rings. The predicted molar refractivity (Wildman–Crippen MR) is 73.0 cm³/mol. The van der Waals surface area contributed by atoms with Crippen molar-refractivity contribution in [1.29, 1.82) is 0 Å². The number of halogens is 3. The molecule has 2 atom stereocenters. The standard InChI is InChI=1S/C12H14F3N5OS/c1-3-8(11-19-9(4-22-11)12(13,14)15)18-10(21)7(2)20-6-16-5-17-20/h4-8H,3H2,1-2H3,(H,18,21)/t7-,8+/m1/s1. The molecule has 0 aliphatic heterocycles. The van der Waals surface area contributed by atoms with Crippen molar-refractivity contribution in [3.05, 3.63) is 28.7 Å². The van der Waals surface area contributed by atoms with Crippen LogP contribution < -0.4 is 5.32 Å². The van der Waals surface area contributed by atoms with Gasteiger partial charge in [-0.05, 0) is 13.3 Å². The highest BCUT2D eigenvalue weighted by molar-refractivity contribution is 7.09. The molecule has 10 heteroatoms. The first-order valence-corrected chi connectivity index (χ1v) is 7.38. The number of hydrogen-bond acceptors (Lipinski definition) is 5. The van der Waals surface area contributed by atoms with E-state index >= 15 is 0 Å². The van der Waals surface area contributed by atoms with Crippen molar-refractivity contribution in [3.8, 4) is 0 Å². The van der Waals surface area contributed by atoms with Gasteiger partial charge >= 0.3 is 6.18 Å². The van der Waals surface area contributed by atoms with E-state index in [1.807, 2.05) is 0 Å². The van der Waals surface area contributed by atoms with E-state index in [-0.39, 0.29) is 10.9 Å². The fraction of sp³-hybridized carbons (Fsp3) is 0.500. The van der Waals surface area contributed by atoms with Gasteiger partial charge in [0.2, 0.25) is 5.91 Å². The Kier molecular flexibility index (Phi) is 4.79. The fourth-order valence-corrected chi connectivity index (χ4v) is 2.71. The minimum absolute atomic E-state index is 0.231. The number of nitrogens with one attached hydrogen (secondary N) is 1. The molecule has 0 bridgehead atoms. The van der Waals surface area contributed by atoms with Gasteiger partial charge in [-0.15, -0.1) is 11.3 Å². The topological polar surface area (TPSA) is 72.7 Å². The summed E-state index contributed by atoms with van der Waals surface area (Å²) >= 11 is 0.880. The molecule has 0 unspecified atom stereocenters. The molecule has 2 rings (SSSR count). The maximum atomic E-state index is 12.6. The molecule has 0 saturated carbocycles. The Morgan fingerprint density at radius 1 is 1.50 bits per heavy atom. The number of rotatable bonds is 5. The van der Waals surface area contributed by atoms with Crippen LogP contribution in [0.15, 0.2) is 18.0 Å². The van der Waals surface area contributed by atoms with Gasteiger partial charge in [0, 0.05) is 5.38 Å². The van der Waals surface area contributed by atoms with Gasteiger partial charge in [0.15, 0.2) is 5.69 Å². The van der Waals surface area contributed by atoms with E-state index < -0.39 is 24.0 Å². The second-order valence-corrected chi connectivity index (χ2v) is 5.48. The fourth-order valence-electron chi connectivity index (χ4n) is 1.75. The van der Waals surface area contributed by atoms with Crippen LogP contribution in [0.4, 0.5) is 13.2 Å². The molecule has 2 aromatic heterocycles. The molecular weight excluding hydrogens is 319 g/mol. The zero-order valence-electron chi connectivity index (χ0n) is 11.8. The summed E-state index contributed by atoms with van der Waals surface area (Å²) in [6.07, 6.45) is -1.35. The molecule has 0 fully saturated rings. The number of amides is 1. The maximum Gasteiger partial charge on any atom is 0.434 e. The van der Waals surface area contributed by atoms with Crippen LogP contribution in [-0.4, -0.2) is 25.7 Å². The van der Waals surface area contributed by atoms with Gasteiger partial charge in [-0.3, -0.25) is 4.79 Å². The highest BCUT2D eigenvalue weighted by Crippen LogP contribution is 2.32. The van der Waals surface area contributed by atoms with E-state index in [9.17, 15) is 18.0 Å². The molecule has 0 aliphatic carbocycles. The average Bonchev–Trinajstić information content (AvgIpc) is 3.13. The molecule has 120 valence electrons. The molecule has 22 heavy (non-hydrogen) atoms. The van der Waals surface area contributed by atoms with E-state index in [4.69, 9.17) is 0 Å². The van der Waals surface area contributed by atoms with Crippen LogP contribution >= 0.6 is 11.3 Å². The monoisotopic (exact) mass is 333 g/mol. The number of carbonyl (C=O) groups is 1. The van der Waals surface area contributed by atoms with Gasteiger partial charge in [0.05, 0.1) is 6.04 Å². The zero-order chi connectivity index (χ0) is 16.3. The third kappa shape index (κ3) is 3.62. The van der Waals surface area contributed by atoms with Crippen molar-refractivity contribution in [2.75, 3.05) is 0 Å². The summed E-state index contributed by atoms with van der Waals surface area (Å²) in [6, 6.07) is -1.18. The molecule has 0 radical (unpaired) electrons. The smallest absolute Gasteiger partial charge is 0.345 e. The summed E-state index contributed by atoms with van der Waals surface area (Å²) in [6.45, 7) is 3.39. The lowest BCUT2D eigenvalue weighted by atomic mass is 10.2. The van der Waals surface area contributed by atoms with Crippen molar-refractivity contribution in [3.63, 3.8) is 0 Å². The second-order valence-electron chi connectivity index (χ2n) is 4.59. The zero-order valence-corrected chi connectivity index (χ0v) is 12.6. The van der Waals surface area contributed by atoms with Gasteiger partial charge in [-0.1, -0.05) is 6.92 Å². The van der Waals surface area contributed by atoms with Gasteiger partial charge < -0.3 is 5.32 Å². The Balaban J connectivity index is 2.09. The highest BCUT2D eigenvalue weighted by atomic mass is 32.1. The lowest BCUT2D eigenvalue weighted by Gasteiger charge is -2.18. The number of nitrogens with zero attached hydrogens (tertiary/aromatic N) is 4. The molecule has 2 heterocycles. The molecular formula is C12H14F3N5OS. The SMILES string of the molecule is CC[C@H](NC(=O)[C@@H](C)n1cncn1)c1nc(C(F)(F)F)cs1. The third-order valence-corrected chi connectivity index (χ3v) is 4.01. The number of carbonyl (C=O) groups excluding carboxylic acids is 1. The van der Waals surface area contributed by atoms with Crippen molar-refractivity contribution >= 4 is 17.2 Å². The molecule has 1 N–H and O–H groups in total. The van der Waals surface area contributed by atoms with Crippen LogP contribution in [-0.2, 0) is 11.0 Å². The van der Waals surface area contributed by atoms with Crippen molar-refractivity contribution < 1.29 is 18.0 Å². The lowest BCUT2D eigenvalue weighted by Crippen LogP contribution is -2.34. The summed E-state index contributed by atoms with van der Waals surface area (Å²) < 4.78 is 39.1. The quantitative estimate of drug-likeness (QED) is 0.913. The Morgan fingerprint density at radius 3 is 2.73 bits per heavy atom. The molecule has 0 spiro atoms. The van der Waals surface area contributed by atoms with E-state index in [0.29, 0.717) is 6.42 Å². The van der Waals surface area contributed by atoms with Crippen molar-refractivity contribution in [1.82, 2.24) is 25.1 Å². The van der Waals surface area contributed by atoms with Crippen LogP contribution in [0.25, 0.3) is 0 Å². The van der Waals surface area contributed by atoms with Crippen LogP contribution in [0.1, 0.15) is 43.1 Å². The van der Waals surface area contributed by atoms with Gasteiger partial charge in [-0.25, -0.2) is 14.6 Å². The van der Waals surface area contributed by atoms with Crippen LogP contribution in [0.3, 0.4) is 0 Å². The molecule has 0 aromatic carbocycles. The largest absolute Gasteiger partial charge is 0.434 e. The molecule has 6 nitrogen and oxygen atoms in total. The Morgan fingerprint density at radius 2 is 2.23 bits per heavy atom. The van der Waals surface area contributed by atoms with Crippen LogP contribution in [0.2, 0.25) is 0 Å². The maximum absolute atomic E-state index is 12.6. The van der Waals surface area contributed by atoms with E-state index in [1.54, 1.807) is 13.8 Å². The average molecular weight is 333 g/mol. The minimum atomic E-state index is -4.48.